The molecule has 0 heterocycles. The summed E-state index contributed by atoms with van der Waals surface area (Å²) in [7, 11) is 0. The van der Waals surface area contributed by atoms with Gasteiger partial charge in [0, 0.05) is 16.7 Å². The monoisotopic (exact) mass is 265 g/mol. The van der Waals surface area contributed by atoms with Gasteiger partial charge in [0.05, 0.1) is 5.97 Å². The van der Waals surface area contributed by atoms with E-state index in [1.54, 1.807) is 30.3 Å². The van der Waals surface area contributed by atoms with E-state index in [0.29, 0.717) is 12.0 Å². The van der Waals surface area contributed by atoms with Crippen molar-refractivity contribution in [1.29, 1.82) is 0 Å². The molecular formula is C17H13O3-. The number of carboxylic acid groups (broad SMARTS) is 1. The fourth-order valence-electron chi connectivity index (χ4n) is 2.08. The molecule has 0 unspecified atom stereocenters. The number of carbonyl (C=O) groups is 2. The molecule has 0 spiro atoms. The maximum absolute atomic E-state index is 12.5. The lowest BCUT2D eigenvalue weighted by molar-refractivity contribution is -0.255. The summed E-state index contributed by atoms with van der Waals surface area (Å²) in [6.45, 7) is 3.66. The average Bonchev–Trinajstić information content (AvgIpc) is 2.47. The van der Waals surface area contributed by atoms with Crippen LogP contribution in [0, 0.1) is 0 Å². The van der Waals surface area contributed by atoms with Crippen LogP contribution in [-0.4, -0.2) is 11.8 Å². The fraction of sp³-hybridized carbons (Fsp3) is 0.0588. The third kappa shape index (κ3) is 2.67. The van der Waals surface area contributed by atoms with Crippen LogP contribution in [0.2, 0.25) is 0 Å². The second-order valence-electron chi connectivity index (χ2n) is 4.31. The quantitative estimate of drug-likeness (QED) is 0.613. The van der Waals surface area contributed by atoms with Crippen molar-refractivity contribution >= 4 is 11.8 Å². The molecule has 0 amide bonds. The summed E-state index contributed by atoms with van der Waals surface area (Å²) >= 11 is 0. The number of hydrogen-bond donors (Lipinski definition) is 0. The highest BCUT2D eigenvalue weighted by molar-refractivity contribution is 6.14. The first kappa shape index (κ1) is 13.7. The van der Waals surface area contributed by atoms with Crippen molar-refractivity contribution in [2.24, 2.45) is 0 Å². The molecule has 0 aliphatic carbocycles. The van der Waals surface area contributed by atoms with E-state index in [-0.39, 0.29) is 16.9 Å². The molecule has 0 aliphatic rings. The van der Waals surface area contributed by atoms with Gasteiger partial charge in [-0.05, 0) is 12.0 Å². The summed E-state index contributed by atoms with van der Waals surface area (Å²) < 4.78 is 0. The summed E-state index contributed by atoms with van der Waals surface area (Å²) in [5.74, 6) is -1.67. The minimum Gasteiger partial charge on any atom is -0.545 e. The predicted molar refractivity (Wildman–Crippen MR) is 74.5 cm³/mol. The van der Waals surface area contributed by atoms with Crippen molar-refractivity contribution in [1.82, 2.24) is 0 Å². The van der Waals surface area contributed by atoms with Crippen molar-refractivity contribution < 1.29 is 14.7 Å². The van der Waals surface area contributed by atoms with Crippen molar-refractivity contribution in [3.05, 3.63) is 83.4 Å². The van der Waals surface area contributed by atoms with Gasteiger partial charge in [-0.2, -0.15) is 0 Å². The lowest BCUT2D eigenvalue weighted by Crippen LogP contribution is -2.25. The molecule has 0 bridgehead atoms. The highest BCUT2D eigenvalue weighted by atomic mass is 16.4. The van der Waals surface area contributed by atoms with Crippen LogP contribution in [0.4, 0.5) is 0 Å². The zero-order valence-electron chi connectivity index (χ0n) is 10.8. The van der Waals surface area contributed by atoms with E-state index in [9.17, 15) is 14.7 Å². The minimum atomic E-state index is -1.35. The largest absolute Gasteiger partial charge is 0.545 e. The first-order valence-corrected chi connectivity index (χ1v) is 6.19. The second kappa shape index (κ2) is 5.97. The summed E-state index contributed by atoms with van der Waals surface area (Å²) in [5, 5.41) is 11.1. The highest BCUT2D eigenvalue weighted by Crippen LogP contribution is 2.18. The van der Waals surface area contributed by atoms with Gasteiger partial charge in [-0.25, -0.2) is 0 Å². The number of benzene rings is 2. The molecule has 0 saturated carbocycles. The van der Waals surface area contributed by atoms with Gasteiger partial charge in [0.15, 0.2) is 5.78 Å². The molecule has 0 radical (unpaired) electrons. The van der Waals surface area contributed by atoms with Crippen LogP contribution in [0.25, 0.3) is 0 Å². The van der Waals surface area contributed by atoms with Crippen molar-refractivity contribution in [3.8, 4) is 0 Å². The first-order chi connectivity index (χ1) is 9.65. The van der Waals surface area contributed by atoms with Gasteiger partial charge in [0.1, 0.15) is 0 Å². The van der Waals surface area contributed by atoms with Crippen LogP contribution < -0.4 is 5.11 Å². The van der Waals surface area contributed by atoms with Gasteiger partial charge in [-0.1, -0.05) is 54.6 Å². The van der Waals surface area contributed by atoms with Gasteiger partial charge in [0.2, 0.25) is 0 Å². The Labute approximate surface area is 117 Å². The summed E-state index contributed by atoms with van der Waals surface area (Å²) in [6, 6.07) is 13.2. The topological polar surface area (TPSA) is 57.2 Å². The van der Waals surface area contributed by atoms with E-state index >= 15 is 0 Å². The number of rotatable bonds is 5. The molecule has 0 saturated heterocycles. The molecule has 3 heteroatoms. The van der Waals surface area contributed by atoms with Crippen LogP contribution in [0.1, 0.15) is 31.8 Å². The maximum atomic E-state index is 12.5. The molecule has 2 rings (SSSR count). The predicted octanol–water partition coefficient (Wildman–Crippen LogP) is 2.01. The Bertz CT molecular complexity index is 671. The highest BCUT2D eigenvalue weighted by Gasteiger charge is 2.16. The molecule has 20 heavy (non-hydrogen) atoms. The van der Waals surface area contributed by atoms with E-state index in [0.717, 1.165) is 5.56 Å². The number of carbonyl (C=O) groups excluding carboxylic acids is 2. The zero-order chi connectivity index (χ0) is 14.5. The van der Waals surface area contributed by atoms with Crippen molar-refractivity contribution in [3.63, 3.8) is 0 Å². The number of ketones is 1. The molecule has 0 fully saturated rings. The van der Waals surface area contributed by atoms with Gasteiger partial charge in [-0.3, -0.25) is 4.79 Å². The van der Waals surface area contributed by atoms with E-state index in [1.165, 1.54) is 12.1 Å². The smallest absolute Gasteiger partial charge is 0.193 e. The Morgan fingerprint density at radius 3 is 2.10 bits per heavy atom. The van der Waals surface area contributed by atoms with Gasteiger partial charge in [0.25, 0.3) is 0 Å². The third-order valence-electron chi connectivity index (χ3n) is 3.02. The van der Waals surface area contributed by atoms with Crippen LogP contribution in [0.15, 0.2) is 61.2 Å². The SMILES string of the molecule is C=CCc1ccccc1C(=O)c1ccccc1C(=O)[O-]. The first-order valence-electron chi connectivity index (χ1n) is 6.19. The molecule has 100 valence electrons. The number of carboxylic acids is 1. The van der Waals surface area contributed by atoms with E-state index in [2.05, 4.69) is 6.58 Å². The van der Waals surface area contributed by atoms with Crippen LogP contribution in [0.5, 0.6) is 0 Å². The molecule has 2 aromatic carbocycles. The Hall–Kier alpha value is -2.68. The van der Waals surface area contributed by atoms with E-state index in [1.807, 2.05) is 12.1 Å². The minimum absolute atomic E-state index is 0.0918. The summed E-state index contributed by atoms with van der Waals surface area (Å²) in [4.78, 5) is 23.6. The summed E-state index contributed by atoms with van der Waals surface area (Å²) in [6.07, 6.45) is 2.26. The number of hydrogen-bond acceptors (Lipinski definition) is 3. The van der Waals surface area contributed by atoms with E-state index < -0.39 is 5.97 Å². The average molecular weight is 265 g/mol. The Morgan fingerprint density at radius 2 is 1.50 bits per heavy atom. The molecular weight excluding hydrogens is 252 g/mol. The maximum Gasteiger partial charge on any atom is 0.193 e. The molecule has 0 aliphatic heterocycles. The van der Waals surface area contributed by atoms with Gasteiger partial charge >= 0.3 is 0 Å². The molecule has 0 N–H and O–H groups in total. The van der Waals surface area contributed by atoms with Crippen molar-refractivity contribution in [2.45, 2.75) is 6.42 Å². The zero-order valence-corrected chi connectivity index (χ0v) is 10.8. The normalized spacial score (nSPS) is 10.0. The lowest BCUT2D eigenvalue weighted by atomic mass is 9.94. The Balaban J connectivity index is 2.52. The third-order valence-corrected chi connectivity index (χ3v) is 3.02. The molecule has 0 aromatic heterocycles. The van der Waals surface area contributed by atoms with E-state index in [4.69, 9.17) is 0 Å². The van der Waals surface area contributed by atoms with Crippen LogP contribution in [0.3, 0.4) is 0 Å². The number of allylic oxidation sites excluding steroid dienone is 1. The van der Waals surface area contributed by atoms with Crippen molar-refractivity contribution in [2.75, 3.05) is 0 Å². The lowest BCUT2D eigenvalue weighted by Gasteiger charge is -2.11. The van der Waals surface area contributed by atoms with Crippen LogP contribution in [-0.2, 0) is 6.42 Å². The molecule has 2 aromatic rings. The Kier molecular flexibility index (Phi) is 4.11. The second-order valence-corrected chi connectivity index (χ2v) is 4.31. The van der Waals surface area contributed by atoms with Gasteiger partial charge in [-0.15, -0.1) is 6.58 Å². The standard InChI is InChI=1S/C17H14O3/c1-2-7-12-8-3-4-9-13(12)16(18)14-10-5-6-11-15(14)17(19)20/h2-6,8-11H,1,7H2,(H,19,20)/p-1. The number of aromatic carboxylic acids is 1. The molecule has 3 nitrogen and oxygen atoms in total. The molecule has 0 atom stereocenters. The van der Waals surface area contributed by atoms with Gasteiger partial charge < -0.3 is 9.90 Å². The Morgan fingerprint density at radius 1 is 0.950 bits per heavy atom. The fourth-order valence-corrected chi connectivity index (χ4v) is 2.08. The summed E-state index contributed by atoms with van der Waals surface area (Å²) in [5.41, 5.74) is 1.36. The van der Waals surface area contributed by atoms with Crippen LogP contribution >= 0.6 is 0 Å².